The summed E-state index contributed by atoms with van der Waals surface area (Å²) in [6.45, 7) is 3.99. The number of rotatable bonds is 7. The fourth-order valence-corrected chi connectivity index (χ4v) is 7.11. The number of alkyl halides is 3. The van der Waals surface area contributed by atoms with E-state index in [2.05, 4.69) is 5.32 Å². The molecule has 2 aliphatic heterocycles. The maximum absolute atomic E-state index is 13.0. The largest absolute Gasteiger partial charge is 0.392 e. The van der Waals surface area contributed by atoms with Crippen LogP contribution in [0.15, 0.2) is 22.5 Å². The molecule has 0 aromatic heterocycles. The van der Waals surface area contributed by atoms with Gasteiger partial charge >= 0.3 is 6.18 Å². The Kier molecular flexibility index (Phi) is 8.40. The third-order valence-corrected chi connectivity index (χ3v) is 9.79. The number of nitrogens with one attached hydrogen (secondary N) is 1. The molecule has 1 aromatic rings. The van der Waals surface area contributed by atoms with Crippen molar-refractivity contribution in [1.29, 1.82) is 0 Å². The van der Waals surface area contributed by atoms with Crippen molar-refractivity contribution < 1.29 is 31.5 Å². The third kappa shape index (κ3) is 6.48. The molecule has 2 heterocycles. The Morgan fingerprint density at radius 1 is 1.13 bits per heavy atom. The molecule has 1 saturated carbocycles. The van der Waals surface area contributed by atoms with Crippen LogP contribution >= 0.6 is 0 Å². The lowest BCUT2D eigenvalue weighted by atomic mass is 9.79. The van der Waals surface area contributed by atoms with Crippen LogP contribution in [0, 0.1) is 25.7 Å². The number of amides is 1. The quantitative estimate of drug-likeness (QED) is 0.514. The van der Waals surface area contributed by atoms with Crippen LogP contribution in [0.5, 0.6) is 0 Å². The fourth-order valence-electron chi connectivity index (χ4n) is 5.94. The Morgan fingerprint density at radius 3 is 2.29 bits per heavy atom. The Labute approximate surface area is 222 Å². The van der Waals surface area contributed by atoms with Gasteiger partial charge in [0, 0.05) is 30.8 Å². The van der Waals surface area contributed by atoms with E-state index in [1.54, 1.807) is 6.08 Å². The molecular formula is C27H36F3N3O4S. The molecule has 0 bridgehead atoms. The molecule has 3 aliphatic rings. The number of carbonyl (C=O) groups is 1. The van der Waals surface area contributed by atoms with Gasteiger partial charge in [-0.1, -0.05) is 12.1 Å². The molecule has 38 heavy (non-hydrogen) atoms. The van der Waals surface area contributed by atoms with Gasteiger partial charge < -0.3 is 10.4 Å². The lowest BCUT2D eigenvalue weighted by Gasteiger charge is -2.34. The average Bonchev–Trinajstić information content (AvgIpc) is 3.17. The average molecular weight is 556 g/mol. The maximum Gasteiger partial charge on any atom is 0.389 e. The van der Waals surface area contributed by atoms with Gasteiger partial charge in [0.05, 0.1) is 6.61 Å². The summed E-state index contributed by atoms with van der Waals surface area (Å²) in [5, 5.41) is 13.5. The zero-order chi connectivity index (χ0) is 27.7. The van der Waals surface area contributed by atoms with E-state index in [1.807, 2.05) is 26.0 Å². The molecule has 1 saturated heterocycles. The van der Waals surface area contributed by atoms with E-state index in [-0.39, 0.29) is 56.7 Å². The van der Waals surface area contributed by atoms with Crippen LogP contribution in [0.4, 0.5) is 13.2 Å². The Bertz CT molecular complexity index is 1190. The van der Waals surface area contributed by atoms with E-state index in [4.69, 9.17) is 4.99 Å². The number of aliphatic hydroxyl groups is 1. The number of aliphatic hydroxyl groups excluding tert-OH is 1. The SMILES string of the molecule is Cc1cc(CO)cc(C)c1/C=C/S(=O)(=O)N1CCC2(CC1)N=C(C1CCC(CCC(F)(F)F)CC1)NC2=O. The van der Waals surface area contributed by atoms with Crippen molar-refractivity contribution in [1.82, 2.24) is 9.62 Å². The highest BCUT2D eigenvalue weighted by atomic mass is 32.2. The molecule has 11 heteroatoms. The lowest BCUT2D eigenvalue weighted by Crippen LogP contribution is -2.50. The predicted octanol–water partition coefficient (Wildman–Crippen LogP) is 4.61. The second-order valence-electron chi connectivity index (χ2n) is 10.9. The van der Waals surface area contributed by atoms with Gasteiger partial charge in [-0.05, 0) is 93.0 Å². The summed E-state index contributed by atoms with van der Waals surface area (Å²) in [7, 11) is -3.71. The first-order chi connectivity index (χ1) is 17.8. The van der Waals surface area contributed by atoms with Crippen molar-refractivity contribution in [2.24, 2.45) is 16.8 Å². The molecule has 0 unspecified atom stereocenters. The number of sulfonamides is 1. The first-order valence-electron chi connectivity index (χ1n) is 13.2. The second kappa shape index (κ2) is 11.1. The summed E-state index contributed by atoms with van der Waals surface area (Å²) >= 11 is 0. The van der Waals surface area contributed by atoms with E-state index >= 15 is 0 Å². The standard InChI is InChI=1S/C27H36F3N3O4S/c1-18-15-21(17-34)16-19(2)23(18)8-14-38(36,37)33-12-10-26(11-13-33)25(35)31-24(32-26)22-5-3-20(4-6-22)7-9-27(28,29)30/h8,14-16,20,22,34H,3-7,9-13,17H2,1-2H3,(H,31,32,35)/b14-8+. The number of amidine groups is 1. The smallest absolute Gasteiger partial charge is 0.389 e. The Balaban J connectivity index is 1.36. The number of carbonyl (C=O) groups excluding carboxylic acids is 1. The summed E-state index contributed by atoms with van der Waals surface area (Å²) in [6.07, 6.45) is 0.147. The summed E-state index contributed by atoms with van der Waals surface area (Å²) in [6, 6.07) is 3.65. The highest BCUT2D eigenvalue weighted by Gasteiger charge is 2.48. The lowest BCUT2D eigenvalue weighted by molar-refractivity contribution is -0.138. The molecule has 1 spiro atoms. The minimum absolute atomic E-state index is 0.0221. The number of piperidine rings is 1. The van der Waals surface area contributed by atoms with Crippen LogP contribution in [-0.2, 0) is 21.4 Å². The molecule has 2 fully saturated rings. The van der Waals surface area contributed by atoms with Crippen molar-refractivity contribution in [3.63, 3.8) is 0 Å². The number of hydrogen-bond donors (Lipinski definition) is 2. The van der Waals surface area contributed by atoms with Gasteiger partial charge in [0.2, 0.25) is 10.0 Å². The van der Waals surface area contributed by atoms with Gasteiger partial charge in [0.15, 0.2) is 0 Å². The van der Waals surface area contributed by atoms with Crippen molar-refractivity contribution in [3.8, 4) is 0 Å². The summed E-state index contributed by atoms with van der Waals surface area (Å²) in [5.41, 5.74) is 2.32. The molecule has 7 nitrogen and oxygen atoms in total. The summed E-state index contributed by atoms with van der Waals surface area (Å²) in [5.74, 6) is 0.461. The molecule has 1 amide bonds. The van der Waals surface area contributed by atoms with Gasteiger partial charge in [-0.3, -0.25) is 9.79 Å². The van der Waals surface area contributed by atoms with Crippen LogP contribution in [-0.4, -0.2) is 54.4 Å². The molecule has 4 rings (SSSR count). The third-order valence-electron chi connectivity index (χ3n) is 8.22. The maximum atomic E-state index is 13.0. The number of nitrogens with zero attached hydrogens (tertiary/aromatic N) is 2. The van der Waals surface area contributed by atoms with Gasteiger partial charge in [0.1, 0.15) is 11.4 Å². The minimum atomic E-state index is -4.13. The van der Waals surface area contributed by atoms with Crippen LogP contribution in [0.25, 0.3) is 6.08 Å². The zero-order valence-corrected chi connectivity index (χ0v) is 22.7. The van der Waals surface area contributed by atoms with Crippen LogP contribution < -0.4 is 5.32 Å². The predicted molar refractivity (Wildman–Crippen MR) is 140 cm³/mol. The van der Waals surface area contributed by atoms with Gasteiger partial charge in [-0.2, -0.15) is 17.5 Å². The monoisotopic (exact) mass is 555 g/mol. The number of aryl methyl sites for hydroxylation is 2. The Morgan fingerprint density at radius 2 is 1.74 bits per heavy atom. The highest BCUT2D eigenvalue weighted by Crippen LogP contribution is 2.38. The van der Waals surface area contributed by atoms with Crippen LogP contribution in [0.3, 0.4) is 0 Å². The first-order valence-corrected chi connectivity index (χ1v) is 14.7. The fraction of sp³-hybridized carbons (Fsp3) is 0.630. The second-order valence-corrected chi connectivity index (χ2v) is 12.7. The normalized spacial score (nSPS) is 24.7. The van der Waals surface area contributed by atoms with Crippen LogP contribution in [0.2, 0.25) is 0 Å². The van der Waals surface area contributed by atoms with Gasteiger partial charge in [-0.25, -0.2) is 8.42 Å². The van der Waals surface area contributed by atoms with E-state index in [9.17, 15) is 31.5 Å². The van der Waals surface area contributed by atoms with Crippen molar-refractivity contribution in [3.05, 3.63) is 39.8 Å². The summed E-state index contributed by atoms with van der Waals surface area (Å²) < 4.78 is 65.1. The van der Waals surface area contributed by atoms with Crippen molar-refractivity contribution in [2.45, 2.75) is 83.5 Å². The molecule has 1 aliphatic carbocycles. The number of halogens is 3. The van der Waals surface area contributed by atoms with Gasteiger partial charge in [-0.15, -0.1) is 0 Å². The van der Waals surface area contributed by atoms with Crippen LogP contribution in [0.1, 0.15) is 73.6 Å². The molecule has 2 N–H and O–H groups in total. The van der Waals surface area contributed by atoms with Crippen molar-refractivity contribution in [2.75, 3.05) is 13.1 Å². The van der Waals surface area contributed by atoms with Crippen molar-refractivity contribution >= 4 is 27.8 Å². The summed E-state index contributed by atoms with van der Waals surface area (Å²) in [4.78, 5) is 17.7. The highest BCUT2D eigenvalue weighted by molar-refractivity contribution is 7.92. The molecule has 0 atom stereocenters. The topological polar surface area (TPSA) is 99.1 Å². The molecular weight excluding hydrogens is 519 g/mol. The molecule has 210 valence electrons. The zero-order valence-electron chi connectivity index (χ0n) is 21.9. The number of hydrogen-bond acceptors (Lipinski definition) is 5. The molecule has 1 aromatic carbocycles. The van der Waals surface area contributed by atoms with E-state index in [0.29, 0.717) is 31.5 Å². The van der Waals surface area contributed by atoms with E-state index in [0.717, 1.165) is 22.3 Å². The van der Waals surface area contributed by atoms with E-state index < -0.39 is 28.2 Å². The Hall–Kier alpha value is -2.24. The minimum Gasteiger partial charge on any atom is -0.392 e. The number of aliphatic imine (C=N–C) groups is 1. The first kappa shape index (κ1) is 28.8. The number of benzene rings is 1. The van der Waals surface area contributed by atoms with E-state index in [1.165, 1.54) is 9.71 Å². The van der Waals surface area contributed by atoms with Gasteiger partial charge in [0.25, 0.3) is 5.91 Å². The molecule has 0 radical (unpaired) electrons.